The van der Waals surface area contributed by atoms with Gasteiger partial charge >= 0.3 is 0 Å². The van der Waals surface area contributed by atoms with Crippen molar-refractivity contribution in [3.8, 4) is 22.3 Å². The molecule has 1 saturated heterocycles. The number of nitrogens with zero attached hydrogens (tertiary/aromatic N) is 1. The zero-order valence-electron chi connectivity index (χ0n) is 15.3. The first-order valence-electron chi connectivity index (χ1n) is 9.37. The molecule has 2 aliphatic rings. The molecule has 1 aliphatic heterocycles. The molecule has 0 amide bonds. The van der Waals surface area contributed by atoms with Crippen LogP contribution in [0, 0.1) is 17.2 Å². The minimum Gasteiger partial charge on any atom is -0.493 e. The largest absolute Gasteiger partial charge is 0.493 e. The molecule has 1 aromatic heterocycles. The maximum atomic E-state index is 12.3. The predicted octanol–water partition coefficient (Wildman–Crippen LogP) is 3.15. The smallest absolute Gasteiger partial charge is 0.214 e. The van der Waals surface area contributed by atoms with Crippen LogP contribution in [0.4, 0.5) is 0 Å². The van der Waals surface area contributed by atoms with Crippen LogP contribution >= 0.6 is 11.3 Å². The van der Waals surface area contributed by atoms with E-state index < -0.39 is 10.0 Å². The summed E-state index contributed by atoms with van der Waals surface area (Å²) in [7, 11) is -3.22. The molecule has 2 fully saturated rings. The number of hydrogen-bond donors (Lipinski definition) is 1. The number of benzene rings is 1. The van der Waals surface area contributed by atoms with Gasteiger partial charge in [0.15, 0.2) is 0 Å². The Bertz CT molecular complexity index is 959. The fourth-order valence-electron chi connectivity index (χ4n) is 3.27. The maximum absolute atomic E-state index is 12.3. The summed E-state index contributed by atoms with van der Waals surface area (Å²) in [5, 5.41) is 8.73. The predicted molar refractivity (Wildman–Crippen MR) is 108 cm³/mol. The lowest BCUT2D eigenvalue weighted by atomic mass is 9.98. The molecular weight excluding hydrogens is 396 g/mol. The topological polar surface area (TPSA) is 88.4 Å². The number of sulfonamides is 1. The fourth-order valence-corrected chi connectivity index (χ4v) is 5.76. The Morgan fingerprint density at radius 1 is 1.18 bits per heavy atom. The Kier molecular flexibility index (Phi) is 5.69. The molecule has 1 aromatic carbocycles. The lowest BCUT2D eigenvalue weighted by Crippen LogP contribution is -2.48. The lowest BCUT2D eigenvalue weighted by molar-refractivity contribution is 0.0186. The van der Waals surface area contributed by atoms with Crippen molar-refractivity contribution in [2.75, 3.05) is 19.8 Å². The summed E-state index contributed by atoms with van der Waals surface area (Å²) in [6, 6.07) is 13.5. The monoisotopic (exact) mass is 418 g/mol. The zero-order valence-corrected chi connectivity index (χ0v) is 17.0. The lowest BCUT2D eigenvalue weighted by Gasteiger charge is -2.31. The highest BCUT2D eigenvalue weighted by atomic mass is 32.2. The van der Waals surface area contributed by atoms with Crippen molar-refractivity contribution in [2.24, 2.45) is 5.92 Å². The van der Waals surface area contributed by atoms with Crippen molar-refractivity contribution < 1.29 is 17.9 Å². The van der Waals surface area contributed by atoms with E-state index >= 15 is 0 Å². The first-order valence-corrected chi connectivity index (χ1v) is 11.7. The van der Waals surface area contributed by atoms with Crippen LogP contribution in [0.25, 0.3) is 10.4 Å². The molecule has 1 N–H and O–H groups in total. The number of nitrogens with one attached hydrogen (secondary N) is 1. The standard InChI is InChI=1S/C20H22N2O4S2/c21-11-17-5-8-20(27-17)14-1-3-16(4-2-14)26-13-15-12-25-10-9-19(15)22-28(23,24)18-6-7-18/h1-5,8,15,18-19,22H,6-7,9-10,12-13H2/t15-,19+/m1/s1. The Morgan fingerprint density at radius 2 is 1.96 bits per heavy atom. The van der Waals surface area contributed by atoms with Gasteiger partial charge in [0, 0.05) is 23.4 Å². The van der Waals surface area contributed by atoms with Gasteiger partial charge in [-0.05, 0) is 61.2 Å². The van der Waals surface area contributed by atoms with Crippen molar-refractivity contribution in [3.63, 3.8) is 0 Å². The summed E-state index contributed by atoms with van der Waals surface area (Å²) in [6.45, 7) is 1.45. The molecule has 2 atom stereocenters. The van der Waals surface area contributed by atoms with Gasteiger partial charge in [0.05, 0.1) is 18.5 Å². The van der Waals surface area contributed by atoms with Crippen LogP contribution in [-0.4, -0.2) is 39.5 Å². The highest BCUT2D eigenvalue weighted by Gasteiger charge is 2.39. The first kappa shape index (κ1) is 19.4. The highest BCUT2D eigenvalue weighted by Crippen LogP contribution is 2.30. The maximum Gasteiger partial charge on any atom is 0.214 e. The Morgan fingerprint density at radius 3 is 2.64 bits per heavy atom. The third-order valence-corrected chi connectivity index (χ3v) is 8.09. The van der Waals surface area contributed by atoms with E-state index in [0.717, 1.165) is 29.0 Å². The van der Waals surface area contributed by atoms with E-state index in [2.05, 4.69) is 10.8 Å². The minimum absolute atomic E-state index is 0.0163. The molecule has 6 nitrogen and oxygen atoms in total. The minimum atomic E-state index is -3.22. The Labute approximate surface area is 169 Å². The van der Waals surface area contributed by atoms with Gasteiger partial charge in [0.1, 0.15) is 16.7 Å². The third-order valence-electron chi connectivity index (χ3n) is 5.07. The van der Waals surface area contributed by atoms with Gasteiger partial charge in [0.25, 0.3) is 0 Å². The molecule has 4 rings (SSSR count). The van der Waals surface area contributed by atoms with Crippen LogP contribution in [0.2, 0.25) is 0 Å². The van der Waals surface area contributed by atoms with Crippen LogP contribution < -0.4 is 9.46 Å². The van der Waals surface area contributed by atoms with Crippen LogP contribution in [0.1, 0.15) is 24.1 Å². The second-order valence-corrected chi connectivity index (χ2v) is 10.3. The van der Waals surface area contributed by atoms with E-state index in [-0.39, 0.29) is 17.2 Å². The van der Waals surface area contributed by atoms with Gasteiger partial charge < -0.3 is 9.47 Å². The third kappa shape index (κ3) is 4.55. The molecule has 0 radical (unpaired) electrons. The van der Waals surface area contributed by atoms with Crippen molar-refractivity contribution in [2.45, 2.75) is 30.6 Å². The average molecular weight is 419 g/mol. The number of hydrogen-bond acceptors (Lipinski definition) is 6. The quantitative estimate of drug-likeness (QED) is 0.746. The van der Waals surface area contributed by atoms with E-state index in [1.54, 1.807) is 0 Å². The molecule has 2 aromatic rings. The second-order valence-electron chi connectivity index (χ2n) is 7.20. The summed E-state index contributed by atoms with van der Waals surface area (Å²) in [5.41, 5.74) is 1.04. The summed E-state index contributed by atoms with van der Waals surface area (Å²) in [4.78, 5) is 1.73. The van der Waals surface area contributed by atoms with Crippen molar-refractivity contribution in [1.82, 2.24) is 4.72 Å². The first-order chi connectivity index (χ1) is 13.5. The molecule has 0 unspecified atom stereocenters. The molecule has 1 aliphatic carbocycles. The summed E-state index contributed by atoms with van der Waals surface area (Å²) in [6.07, 6.45) is 2.18. The average Bonchev–Trinajstić information content (AvgIpc) is 3.47. The molecule has 8 heteroatoms. The van der Waals surface area contributed by atoms with Crippen molar-refractivity contribution in [1.29, 1.82) is 5.26 Å². The van der Waals surface area contributed by atoms with Crippen LogP contribution in [-0.2, 0) is 14.8 Å². The van der Waals surface area contributed by atoms with Gasteiger partial charge in [-0.2, -0.15) is 5.26 Å². The number of rotatable bonds is 7. The summed E-state index contributed by atoms with van der Waals surface area (Å²) < 4.78 is 38.9. The molecule has 1 saturated carbocycles. The SMILES string of the molecule is N#Cc1ccc(-c2ccc(OC[C@H]3COCC[C@@H]3NS(=O)(=O)C3CC3)cc2)s1. The summed E-state index contributed by atoms with van der Waals surface area (Å²) in [5.74, 6) is 0.715. The van der Waals surface area contributed by atoms with Crippen LogP contribution in [0.3, 0.4) is 0 Å². The second kappa shape index (κ2) is 8.21. The normalized spacial score (nSPS) is 22.5. The molecule has 148 valence electrons. The fraction of sp³-hybridized carbons (Fsp3) is 0.450. The van der Waals surface area contributed by atoms with E-state index in [0.29, 0.717) is 31.1 Å². The van der Waals surface area contributed by atoms with Gasteiger partial charge in [0.2, 0.25) is 10.0 Å². The van der Waals surface area contributed by atoms with Gasteiger partial charge in [-0.25, -0.2) is 13.1 Å². The highest BCUT2D eigenvalue weighted by molar-refractivity contribution is 7.90. The molecule has 28 heavy (non-hydrogen) atoms. The van der Waals surface area contributed by atoms with E-state index in [1.165, 1.54) is 11.3 Å². The van der Waals surface area contributed by atoms with Gasteiger partial charge in [-0.15, -0.1) is 11.3 Å². The number of ether oxygens (including phenoxy) is 2. The van der Waals surface area contributed by atoms with Crippen LogP contribution in [0.15, 0.2) is 36.4 Å². The number of nitriles is 1. The van der Waals surface area contributed by atoms with Crippen molar-refractivity contribution in [3.05, 3.63) is 41.3 Å². The van der Waals surface area contributed by atoms with E-state index in [4.69, 9.17) is 14.7 Å². The van der Waals surface area contributed by atoms with E-state index in [1.807, 2.05) is 36.4 Å². The van der Waals surface area contributed by atoms with Crippen molar-refractivity contribution >= 4 is 21.4 Å². The molecule has 0 spiro atoms. The number of thiophene rings is 1. The Hall–Kier alpha value is -1.92. The summed E-state index contributed by atoms with van der Waals surface area (Å²) >= 11 is 1.46. The molecular formula is C20H22N2O4S2. The van der Waals surface area contributed by atoms with Gasteiger partial charge in [-0.3, -0.25) is 0 Å². The zero-order chi connectivity index (χ0) is 19.6. The van der Waals surface area contributed by atoms with E-state index in [9.17, 15) is 8.42 Å². The Balaban J connectivity index is 1.36. The molecule has 0 bridgehead atoms. The molecule has 2 heterocycles. The van der Waals surface area contributed by atoms with Crippen LogP contribution in [0.5, 0.6) is 5.75 Å². The van der Waals surface area contributed by atoms with Gasteiger partial charge in [-0.1, -0.05) is 0 Å².